The predicted octanol–water partition coefficient (Wildman–Crippen LogP) is 0.805. The van der Waals surface area contributed by atoms with Gasteiger partial charge in [0, 0.05) is 30.1 Å². The molecule has 2 amide bonds. The summed E-state index contributed by atoms with van der Waals surface area (Å²) in [7, 11) is 0. The third-order valence-electron chi connectivity index (χ3n) is 4.27. The van der Waals surface area contributed by atoms with Gasteiger partial charge in [0.2, 0.25) is 11.8 Å². The number of carboxylic acid groups (broad SMARTS) is 1. The number of nitrogens with zero attached hydrogens (tertiary/aromatic N) is 2. The zero-order valence-electron chi connectivity index (χ0n) is 12.4. The average molecular weight is 314 g/mol. The van der Waals surface area contributed by atoms with E-state index in [0.717, 1.165) is 12.2 Å². The molecule has 2 aliphatic rings. The third kappa shape index (κ3) is 3.40. The average Bonchev–Trinajstić information content (AvgIpc) is 2.73. The van der Waals surface area contributed by atoms with Gasteiger partial charge < -0.3 is 5.11 Å². The van der Waals surface area contributed by atoms with Crippen LogP contribution in [0.4, 0.5) is 0 Å². The van der Waals surface area contributed by atoms with Gasteiger partial charge in [0.05, 0.1) is 18.9 Å². The van der Waals surface area contributed by atoms with E-state index >= 15 is 0 Å². The number of rotatable bonds is 5. The maximum atomic E-state index is 12.6. The van der Waals surface area contributed by atoms with E-state index in [1.807, 2.05) is 18.7 Å². The number of carbonyl (C=O) groups is 3. The van der Waals surface area contributed by atoms with Gasteiger partial charge in [0.15, 0.2) is 0 Å². The maximum absolute atomic E-state index is 12.6. The highest BCUT2D eigenvalue weighted by Crippen LogP contribution is 2.28. The van der Waals surface area contributed by atoms with Crippen molar-refractivity contribution in [1.29, 1.82) is 0 Å². The third-order valence-corrected chi connectivity index (χ3v) is 5.37. The van der Waals surface area contributed by atoms with Crippen molar-refractivity contribution in [2.24, 2.45) is 0 Å². The summed E-state index contributed by atoms with van der Waals surface area (Å²) in [6.45, 7) is 4.49. The fraction of sp³-hybridized carbons (Fsp3) is 0.786. The number of likely N-dealkylation sites (tertiary alicyclic amines) is 1. The van der Waals surface area contributed by atoms with Crippen LogP contribution in [0.5, 0.6) is 0 Å². The molecule has 0 aromatic carbocycles. The minimum Gasteiger partial charge on any atom is -0.481 e. The molecule has 3 atom stereocenters. The summed E-state index contributed by atoms with van der Waals surface area (Å²) >= 11 is 1.71. The molecule has 21 heavy (non-hydrogen) atoms. The Kier molecular flexibility index (Phi) is 5.27. The van der Waals surface area contributed by atoms with Crippen LogP contribution in [0.15, 0.2) is 0 Å². The monoisotopic (exact) mass is 314 g/mol. The summed E-state index contributed by atoms with van der Waals surface area (Å²) in [6.07, 6.45) is 0.941. The van der Waals surface area contributed by atoms with Gasteiger partial charge in [-0.25, -0.2) is 0 Å². The van der Waals surface area contributed by atoms with Crippen molar-refractivity contribution < 1.29 is 19.5 Å². The van der Waals surface area contributed by atoms with Gasteiger partial charge in [-0.05, 0) is 13.3 Å². The molecule has 0 bridgehead atoms. The van der Waals surface area contributed by atoms with Gasteiger partial charge in [0.1, 0.15) is 0 Å². The lowest BCUT2D eigenvalue weighted by Crippen LogP contribution is -2.52. The van der Waals surface area contributed by atoms with E-state index in [1.165, 1.54) is 4.90 Å². The Labute approximate surface area is 128 Å². The molecule has 2 saturated heterocycles. The van der Waals surface area contributed by atoms with E-state index in [1.54, 1.807) is 11.8 Å². The summed E-state index contributed by atoms with van der Waals surface area (Å²) in [5, 5.41) is 9.02. The molecular formula is C14H22N2O4S. The molecule has 118 valence electrons. The largest absolute Gasteiger partial charge is 0.481 e. The van der Waals surface area contributed by atoms with Gasteiger partial charge in [0.25, 0.3) is 0 Å². The smallest absolute Gasteiger partial charge is 0.304 e. The Morgan fingerprint density at radius 3 is 2.81 bits per heavy atom. The van der Waals surface area contributed by atoms with E-state index in [2.05, 4.69) is 0 Å². The molecule has 3 unspecified atom stereocenters. The molecular weight excluding hydrogens is 292 g/mol. The van der Waals surface area contributed by atoms with Gasteiger partial charge in [-0.1, -0.05) is 6.92 Å². The summed E-state index contributed by atoms with van der Waals surface area (Å²) in [6, 6.07) is -0.733. The first-order chi connectivity index (χ1) is 9.95. The van der Waals surface area contributed by atoms with Crippen molar-refractivity contribution >= 4 is 29.5 Å². The van der Waals surface area contributed by atoms with Crippen molar-refractivity contribution in [2.75, 3.05) is 18.1 Å². The number of amides is 2. The number of hydrogen-bond acceptors (Lipinski definition) is 5. The number of carbonyl (C=O) groups excluding carboxylic acids is 2. The van der Waals surface area contributed by atoms with E-state index in [9.17, 15) is 14.4 Å². The first kappa shape index (κ1) is 16.3. The predicted molar refractivity (Wildman–Crippen MR) is 80.1 cm³/mol. The summed E-state index contributed by atoms with van der Waals surface area (Å²) in [5.74, 6) is 0.428. The second kappa shape index (κ2) is 6.79. The summed E-state index contributed by atoms with van der Waals surface area (Å²) in [4.78, 5) is 39.0. The van der Waals surface area contributed by atoms with Crippen LogP contribution < -0.4 is 0 Å². The highest BCUT2D eigenvalue weighted by molar-refractivity contribution is 7.99. The van der Waals surface area contributed by atoms with E-state index in [0.29, 0.717) is 12.3 Å². The lowest BCUT2D eigenvalue weighted by Gasteiger charge is -2.37. The normalized spacial score (nSPS) is 29.0. The summed E-state index contributed by atoms with van der Waals surface area (Å²) in [5.41, 5.74) is 0. The lowest BCUT2D eigenvalue weighted by atomic mass is 10.1. The fourth-order valence-corrected chi connectivity index (χ4v) is 4.08. The molecule has 2 rings (SSSR count). The quantitative estimate of drug-likeness (QED) is 0.757. The Bertz CT molecular complexity index is 443. The Balaban J connectivity index is 2.14. The zero-order chi connectivity index (χ0) is 15.6. The summed E-state index contributed by atoms with van der Waals surface area (Å²) < 4.78 is 0. The molecule has 6 nitrogen and oxygen atoms in total. The first-order valence-corrected chi connectivity index (χ1v) is 8.52. The molecule has 2 aliphatic heterocycles. The lowest BCUT2D eigenvalue weighted by molar-refractivity contribution is -0.144. The molecule has 0 aromatic heterocycles. The fourth-order valence-electron chi connectivity index (χ4n) is 2.99. The van der Waals surface area contributed by atoms with Crippen LogP contribution in [-0.4, -0.2) is 68.9 Å². The van der Waals surface area contributed by atoms with E-state index < -0.39 is 12.0 Å². The Morgan fingerprint density at radius 1 is 1.48 bits per heavy atom. The molecule has 1 N–H and O–H groups in total. The van der Waals surface area contributed by atoms with Crippen LogP contribution in [0, 0.1) is 0 Å². The van der Waals surface area contributed by atoms with Crippen LogP contribution in [0.2, 0.25) is 0 Å². The van der Waals surface area contributed by atoms with Crippen LogP contribution in [0.3, 0.4) is 0 Å². The van der Waals surface area contributed by atoms with Crippen molar-refractivity contribution in [2.45, 2.75) is 51.2 Å². The molecule has 0 aromatic rings. The van der Waals surface area contributed by atoms with Crippen molar-refractivity contribution in [1.82, 2.24) is 9.80 Å². The molecule has 0 spiro atoms. The number of carboxylic acids is 1. The second-order valence-electron chi connectivity index (χ2n) is 5.64. The maximum Gasteiger partial charge on any atom is 0.304 e. The minimum absolute atomic E-state index is 0.0221. The molecule has 0 radical (unpaired) electrons. The number of aliphatic carboxylic acids is 1. The van der Waals surface area contributed by atoms with Crippen molar-refractivity contribution in [3.8, 4) is 0 Å². The van der Waals surface area contributed by atoms with Gasteiger partial charge >= 0.3 is 5.97 Å². The highest BCUT2D eigenvalue weighted by Gasteiger charge is 2.46. The van der Waals surface area contributed by atoms with Crippen LogP contribution in [0.25, 0.3) is 0 Å². The van der Waals surface area contributed by atoms with E-state index in [-0.39, 0.29) is 36.7 Å². The topological polar surface area (TPSA) is 77.9 Å². The molecule has 2 heterocycles. The van der Waals surface area contributed by atoms with E-state index in [4.69, 9.17) is 5.11 Å². The van der Waals surface area contributed by atoms with Gasteiger partial charge in [-0.15, -0.1) is 0 Å². The van der Waals surface area contributed by atoms with Crippen molar-refractivity contribution in [3.63, 3.8) is 0 Å². The van der Waals surface area contributed by atoms with Gasteiger partial charge in [-0.3, -0.25) is 24.2 Å². The molecule has 7 heteroatoms. The number of thioether (sulfide) groups is 1. The number of imide groups is 1. The standard InChI is InChI=1S/C14H22N2O4S/c1-3-9(2)16-12(17)7-11(14(16)20)15-4-5-21-8-10(15)6-13(18)19/h9-11H,3-8H2,1-2H3,(H,18,19). The van der Waals surface area contributed by atoms with Crippen LogP contribution >= 0.6 is 11.8 Å². The Morgan fingerprint density at radius 2 is 2.19 bits per heavy atom. The number of hydrogen-bond donors (Lipinski definition) is 1. The highest BCUT2D eigenvalue weighted by atomic mass is 32.2. The molecule has 2 fully saturated rings. The molecule has 0 saturated carbocycles. The second-order valence-corrected chi connectivity index (χ2v) is 6.79. The molecule has 0 aliphatic carbocycles. The van der Waals surface area contributed by atoms with Crippen molar-refractivity contribution in [3.05, 3.63) is 0 Å². The van der Waals surface area contributed by atoms with Gasteiger partial charge in [-0.2, -0.15) is 11.8 Å². The minimum atomic E-state index is -0.858. The zero-order valence-corrected chi connectivity index (χ0v) is 13.3. The SMILES string of the molecule is CCC(C)N1C(=O)CC(N2CCSCC2CC(=O)O)C1=O. The Hall–Kier alpha value is -1.08. The first-order valence-electron chi connectivity index (χ1n) is 7.36. The van der Waals surface area contributed by atoms with Crippen LogP contribution in [-0.2, 0) is 14.4 Å². The van der Waals surface area contributed by atoms with Crippen LogP contribution in [0.1, 0.15) is 33.1 Å².